The van der Waals surface area contributed by atoms with Crippen molar-refractivity contribution < 1.29 is 18.7 Å². The standard InChI is InChI=1S/C22H22ClFN4O3/c1-13(25-21(29)20-19(24)14(2)27-28(20)3)16-6-10-18(11-7-16)26-22(30)31-12-15-4-8-17(23)9-5-15/h4-11,13H,12H2,1-3H3,(H,25,29)(H,26,30). The van der Waals surface area contributed by atoms with E-state index in [4.69, 9.17) is 16.3 Å². The number of hydrogen-bond donors (Lipinski definition) is 2. The molecular weight excluding hydrogens is 423 g/mol. The summed E-state index contributed by atoms with van der Waals surface area (Å²) in [4.78, 5) is 24.4. The first kappa shape index (κ1) is 22.3. The fraction of sp³-hybridized carbons (Fsp3) is 0.227. The molecule has 0 saturated carbocycles. The van der Waals surface area contributed by atoms with E-state index < -0.39 is 17.8 Å². The van der Waals surface area contributed by atoms with E-state index >= 15 is 0 Å². The van der Waals surface area contributed by atoms with Gasteiger partial charge in [-0.1, -0.05) is 35.9 Å². The molecule has 1 unspecified atom stereocenters. The Morgan fingerprint density at radius 3 is 2.39 bits per heavy atom. The van der Waals surface area contributed by atoms with Gasteiger partial charge < -0.3 is 10.1 Å². The summed E-state index contributed by atoms with van der Waals surface area (Å²) in [6, 6.07) is 13.5. The van der Waals surface area contributed by atoms with E-state index in [2.05, 4.69) is 15.7 Å². The number of carbonyl (C=O) groups is 2. The molecule has 0 fully saturated rings. The molecule has 9 heteroatoms. The zero-order valence-electron chi connectivity index (χ0n) is 17.3. The Balaban J connectivity index is 1.54. The number of carbonyl (C=O) groups excluding carboxylic acids is 2. The molecule has 0 radical (unpaired) electrons. The van der Waals surface area contributed by atoms with Crippen molar-refractivity contribution >= 4 is 29.3 Å². The number of benzene rings is 2. The van der Waals surface area contributed by atoms with Crippen LogP contribution in [0.1, 0.15) is 40.3 Å². The minimum Gasteiger partial charge on any atom is -0.444 e. The average molecular weight is 445 g/mol. The lowest BCUT2D eigenvalue weighted by Gasteiger charge is -2.15. The van der Waals surface area contributed by atoms with E-state index in [0.29, 0.717) is 10.7 Å². The molecule has 3 rings (SSSR count). The van der Waals surface area contributed by atoms with Crippen molar-refractivity contribution in [3.63, 3.8) is 0 Å². The molecule has 3 aromatic rings. The largest absolute Gasteiger partial charge is 0.444 e. The summed E-state index contributed by atoms with van der Waals surface area (Å²) in [5.74, 6) is -1.19. The van der Waals surface area contributed by atoms with Crippen molar-refractivity contribution in [3.8, 4) is 0 Å². The predicted molar refractivity (Wildman–Crippen MR) is 115 cm³/mol. The number of anilines is 1. The Bertz CT molecular complexity index is 1080. The SMILES string of the molecule is Cc1nn(C)c(C(=O)NC(C)c2ccc(NC(=O)OCc3ccc(Cl)cc3)cc2)c1F. The maximum atomic E-state index is 14.1. The van der Waals surface area contributed by atoms with E-state index in [1.807, 2.05) is 0 Å². The zero-order chi connectivity index (χ0) is 22.5. The van der Waals surface area contributed by atoms with Gasteiger partial charge in [0.25, 0.3) is 5.91 Å². The number of ether oxygens (including phenoxy) is 1. The lowest BCUT2D eigenvalue weighted by atomic mass is 10.1. The number of halogens is 2. The van der Waals surface area contributed by atoms with Crippen molar-refractivity contribution in [1.29, 1.82) is 0 Å². The fourth-order valence-corrected chi connectivity index (χ4v) is 3.09. The molecule has 2 aromatic carbocycles. The monoisotopic (exact) mass is 444 g/mol. The van der Waals surface area contributed by atoms with Crippen LogP contribution in [-0.4, -0.2) is 21.8 Å². The molecule has 0 aliphatic rings. The van der Waals surface area contributed by atoms with Crippen LogP contribution in [0, 0.1) is 12.7 Å². The summed E-state index contributed by atoms with van der Waals surface area (Å²) in [5, 5.41) is 9.91. The van der Waals surface area contributed by atoms with Gasteiger partial charge >= 0.3 is 6.09 Å². The number of nitrogens with zero attached hydrogens (tertiary/aromatic N) is 2. The van der Waals surface area contributed by atoms with Crippen molar-refractivity contribution in [2.24, 2.45) is 7.05 Å². The molecule has 0 aliphatic heterocycles. The molecule has 2 N–H and O–H groups in total. The van der Waals surface area contributed by atoms with Crippen molar-refractivity contribution in [3.05, 3.63) is 81.9 Å². The Labute approximate surface area is 184 Å². The summed E-state index contributed by atoms with van der Waals surface area (Å²) in [7, 11) is 1.52. The topological polar surface area (TPSA) is 85.3 Å². The van der Waals surface area contributed by atoms with Gasteiger partial charge in [-0.05, 0) is 49.2 Å². The van der Waals surface area contributed by atoms with Gasteiger partial charge in [-0.2, -0.15) is 5.10 Å². The van der Waals surface area contributed by atoms with Gasteiger partial charge in [-0.15, -0.1) is 0 Å². The number of rotatable bonds is 6. The first-order chi connectivity index (χ1) is 14.7. The van der Waals surface area contributed by atoms with Crippen LogP contribution < -0.4 is 10.6 Å². The third kappa shape index (κ3) is 5.61. The molecule has 0 saturated heterocycles. The second-order valence-corrected chi connectivity index (χ2v) is 7.45. The van der Waals surface area contributed by atoms with E-state index in [-0.39, 0.29) is 24.0 Å². The van der Waals surface area contributed by atoms with Crippen LogP contribution in [-0.2, 0) is 18.4 Å². The second-order valence-electron chi connectivity index (χ2n) is 7.02. The number of hydrogen-bond acceptors (Lipinski definition) is 4. The second kappa shape index (κ2) is 9.61. The third-order valence-corrected chi connectivity index (χ3v) is 4.90. The Morgan fingerprint density at radius 2 is 1.81 bits per heavy atom. The van der Waals surface area contributed by atoms with Crippen LogP contribution in [0.4, 0.5) is 14.9 Å². The van der Waals surface area contributed by atoms with Crippen LogP contribution in [0.25, 0.3) is 0 Å². The summed E-state index contributed by atoms with van der Waals surface area (Å²) >= 11 is 5.83. The Hall–Kier alpha value is -3.39. The molecule has 0 bridgehead atoms. The molecule has 1 heterocycles. The van der Waals surface area contributed by atoms with Gasteiger partial charge in [0, 0.05) is 17.8 Å². The molecule has 1 atom stereocenters. The predicted octanol–water partition coefficient (Wildman–Crippen LogP) is 4.76. The number of aromatic nitrogens is 2. The van der Waals surface area contributed by atoms with Crippen LogP contribution in [0.15, 0.2) is 48.5 Å². The molecule has 162 valence electrons. The van der Waals surface area contributed by atoms with Gasteiger partial charge in [-0.3, -0.25) is 14.8 Å². The van der Waals surface area contributed by atoms with Crippen molar-refractivity contribution in [2.45, 2.75) is 26.5 Å². The summed E-state index contributed by atoms with van der Waals surface area (Å²) < 4.78 is 20.5. The van der Waals surface area contributed by atoms with E-state index in [0.717, 1.165) is 11.1 Å². The molecule has 1 aromatic heterocycles. The summed E-state index contributed by atoms with van der Waals surface area (Å²) in [6.45, 7) is 3.40. The molecule has 0 spiro atoms. The highest BCUT2D eigenvalue weighted by Crippen LogP contribution is 2.18. The molecule has 7 nitrogen and oxygen atoms in total. The van der Waals surface area contributed by atoms with E-state index in [1.54, 1.807) is 55.5 Å². The third-order valence-electron chi connectivity index (χ3n) is 4.65. The van der Waals surface area contributed by atoms with E-state index in [1.165, 1.54) is 18.7 Å². The van der Waals surface area contributed by atoms with Crippen LogP contribution >= 0.6 is 11.6 Å². The van der Waals surface area contributed by atoms with Gasteiger partial charge in [0.2, 0.25) is 0 Å². The molecular formula is C22H22ClFN4O3. The smallest absolute Gasteiger partial charge is 0.411 e. The highest BCUT2D eigenvalue weighted by atomic mass is 35.5. The molecule has 0 aliphatic carbocycles. The first-order valence-corrected chi connectivity index (χ1v) is 9.90. The lowest BCUT2D eigenvalue weighted by Crippen LogP contribution is -2.29. The highest BCUT2D eigenvalue weighted by molar-refractivity contribution is 6.30. The van der Waals surface area contributed by atoms with E-state index in [9.17, 15) is 14.0 Å². The molecule has 31 heavy (non-hydrogen) atoms. The van der Waals surface area contributed by atoms with Crippen LogP contribution in [0.3, 0.4) is 0 Å². The lowest BCUT2D eigenvalue weighted by molar-refractivity contribution is 0.0926. The normalized spacial score (nSPS) is 11.6. The van der Waals surface area contributed by atoms with Crippen molar-refractivity contribution in [2.75, 3.05) is 5.32 Å². The quantitative estimate of drug-likeness (QED) is 0.574. The van der Waals surface area contributed by atoms with Gasteiger partial charge in [0.15, 0.2) is 11.5 Å². The van der Waals surface area contributed by atoms with Gasteiger partial charge in [0.1, 0.15) is 6.61 Å². The van der Waals surface area contributed by atoms with Gasteiger partial charge in [-0.25, -0.2) is 9.18 Å². The summed E-state index contributed by atoms with van der Waals surface area (Å²) in [5.41, 5.74) is 2.19. The average Bonchev–Trinajstić information content (AvgIpc) is 2.99. The maximum Gasteiger partial charge on any atom is 0.411 e. The summed E-state index contributed by atoms with van der Waals surface area (Å²) in [6.07, 6.45) is -0.592. The number of aryl methyl sites for hydroxylation is 2. The van der Waals surface area contributed by atoms with Crippen LogP contribution in [0.5, 0.6) is 0 Å². The fourth-order valence-electron chi connectivity index (χ4n) is 2.97. The first-order valence-electron chi connectivity index (χ1n) is 9.52. The van der Waals surface area contributed by atoms with Crippen molar-refractivity contribution in [1.82, 2.24) is 15.1 Å². The van der Waals surface area contributed by atoms with Crippen LogP contribution in [0.2, 0.25) is 5.02 Å². The minimum atomic E-state index is -0.635. The maximum absolute atomic E-state index is 14.1. The number of amides is 2. The zero-order valence-corrected chi connectivity index (χ0v) is 18.0. The molecule has 2 amide bonds. The van der Waals surface area contributed by atoms with Gasteiger partial charge in [0.05, 0.1) is 11.7 Å². The minimum absolute atomic E-state index is 0.119. The Morgan fingerprint density at radius 1 is 1.16 bits per heavy atom. The Kier molecular flexibility index (Phi) is 6.91. The number of nitrogens with one attached hydrogen (secondary N) is 2. The highest BCUT2D eigenvalue weighted by Gasteiger charge is 2.22.